The number of amides is 2. The van der Waals surface area contributed by atoms with Crippen LogP contribution in [-0.4, -0.2) is 39.6 Å². The first kappa shape index (κ1) is 27.5. The van der Waals surface area contributed by atoms with Gasteiger partial charge in [-0.3, -0.25) is 14.4 Å². The summed E-state index contributed by atoms with van der Waals surface area (Å²) in [6.07, 6.45) is 7.97. The highest BCUT2D eigenvalue weighted by Gasteiger charge is 2.49. The Morgan fingerprint density at radius 3 is 2.43 bits per heavy atom. The van der Waals surface area contributed by atoms with Gasteiger partial charge in [0.15, 0.2) is 11.5 Å². The van der Waals surface area contributed by atoms with Gasteiger partial charge in [0.1, 0.15) is 17.6 Å². The summed E-state index contributed by atoms with van der Waals surface area (Å²) in [6, 6.07) is 8.59. The van der Waals surface area contributed by atoms with Gasteiger partial charge in [0.2, 0.25) is 5.91 Å². The van der Waals surface area contributed by atoms with Gasteiger partial charge in [0, 0.05) is 28.7 Å². The summed E-state index contributed by atoms with van der Waals surface area (Å²) in [6.45, 7) is 3.50. The minimum atomic E-state index is -1.59. The summed E-state index contributed by atoms with van der Waals surface area (Å²) in [5.74, 6) is -0.145. The number of ether oxygens (including phenoxy) is 1. The second-order valence-electron chi connectivity index (χ2n) is 10.4. The van der Waals surface area contributed by atoms with E-state index in [1.807, 2.05) is 0 Å². The minimum Gasteiger partial charge on any atom is -0.454 e. The van der Waals surface area contributed by atoms with E-state index in [1.54, 1.807) is 36.4 Å². The van der Waals surface area contributed by atoms with E-state index >= 15 is 0 Å². The fourth-order valence-electron chi connectivity index (χ4n) is 5.89. The van der Waals surface area contributed by atoms with Crippen molar-refractivity contribution in [3.05, 3.63) is 89.3 Å². The predicted molar refractivity (Wildman–Crippen MR) is 159 cm³/mol. The van der Waals surface area contributed by atoms with E-state index < -0.39 is 17.4 Å². The van der Waals surface area contributed by atoms with Crippen molar-refractivity contribution in [2.45, 2.75) is 42.9 Å². The second-order valence-corrected chi connectivity index (χ2v) is 11.5. The lowest BCUT2D eigenvalue weighted by Gasteiger charge is -2.36. The molecule has 4 aromatic rings. The molecule has 0 saturated heterocycles. The molecule has 0 bridgehead atoms. The molecule has 2 aliphatic carbocycles. The first-order chi connectivity index (χ1) is 20.2. The number of carbonyl (C=O) groups excluding carboxylic acids is 3. The third-order valence-corrected chi connectivity index (χ3v) is 9.20. The summed E-state index contributed by atoms with van der Waals surface area (Å²) in [5.41, 5.74) is 20.2. The van der Waals surface area contributed by atoms with E-state index in [0.29, 0.717) is 55.3 Å². The molecule has 42 heavy (non-hydrogen) atoms. The maximum absolute atomic E-state index is 14.0. The van der Waals surface area contributed by atoms with E-state index in [2.05, 4.69) is 27.2 Å². The molecule has 0 radical (unpaired) electrons. The number of anilines is 1. The number of Topliss-reactive ketones (excluding diaryl/α,β-unsaturated/α-hetero) is 1. The average molecular weight is 584 g/mol. The van der Waals surface area contributed by atoms with Gasteiger partial charge >= 0.3 is 0 Å². The lowest BCUT2D eigenvalue weighted by atomic mass is 9.70. The van der Waals surface area contributed by atoms with Gasteiger partial charge in [-0.15, -0.1) is 11.3 Å². The first-order valence-electron chi connectivity index (χ1n) is 13.4. The number of hydrogen-bond donors (Lipinski definition) is 5. The number of carbonyl (C=O) groups is 3. The number of rotatable bonds is 7. The Balaban J connectivity index is 1.37. The number of nitrogen functional groups attached to an aromatic ring is 1. The number of ketones is 1. The molecule has 2 aliphatic rings. The lowest BCUT2D eigenvalue weighted by Crippen LogP contribution is -2.52. The van der Waals surface area contributed by atoms with E-state index in [1.165, 1.54) is 36.1 Å². The van der Waals surface area contributed by atoms with Crippen LogP contribution in [0, 0.1) is 0 Å². The number of benzene rings is 2. The van der Waals surface area contributed by atoms with Crippen LogP contribution >= 0.6 is 11.3 Å². The molecule has 6 rings (SSSR count). The predicted octanol–water partition coefficient (Wildman–Crippen LogP) is 2.80. The number of nitrogens with zero attached hydrogens (tertiary/aromatic N) is 2. The molecule has 214 valence electrons. The van der Waals surface area contributed by atoms with Crippen LogP contribution in [-0.2, 0) is 15.1 Å². The summed E-state index contributed by atoms with van der Waals surface area (Å²) < 4.78 is 6.42. The van der Waals surface area contributed by atoms with Gasteiger partial charge in [-0.2, -0.15) is 0 Å². The second kappa shape index (κ2) is 10.6. The fourth-order valence-corrected chi connectivity index (χ4v) is 7.09. The van der Waals surface area contributed by atoms with Crippen LogP contribution in [0.15, 0.2) is 67.8 Å². The fraction of sp³-hybridized carbons (Fsp3) is 0.233. The van der Waals surface area contributed by atoms with Crippen molar-refractivity contribution in [1.29, 1.82) is 0 Å². The van der Waals surface area contributed by atoms with Crippen molar-refractivity contribution in [1.82, 2.24) is 20.6 Å². The van der Waals surface area contributed by atoms with E-state index in [4.69, 9.17) is 21.9 Å². The van der Waals surface area contributed by atoms with Gasteiger partial charge in [0.25, 0.3) is 5.91 Å². The molecule has 0 spiro atoms. The number of aromatic nitrogens is 2. The zero-order valence-electron chi connectivity index (χ0n) is 22.5. The van der Waals surface area contributed by atoms with Crippen molar-refractivity contribution >= 4 is 44.7 Å². The van der Waals surface area contributed by atoms with Gasteiger partial charge in [-0.05, 0) is 54.7 Å². The molecule has 1 fully saturated rings. The van der Waals surface area contributed by atoms with Gasteiger partial charge in [-0.1, -0.05) is 24.8 Å². The lowest BCUT2D eigenvalue weighted by molar-refractivity contribution is -0.124. The molecule has 0 aliphatic heterocycles. The van der Waals surface area contributed by atoms with Crippen molar-refractivity contribution in [2.24, 2.45) is 11.5 Å². The van der Waals surface area contributed by atoms with E-state index in [-0.39, 0.29) is 23.9 Å². The van der Waals surface area contributed by atoms with Crippen LogP contribution in [0.2, 0.25) is 0 Å². The van der Waals surface area contributed by atoms with Crippen LogP contribution in [0.25, 0.3) is 10.1 Å². The highest BCUT2D eigenvalue weighted by molar-refractivity contribution is 7.21. The van der Waals surface area contributed by atoms with Gasteiger partial charge in [-0.25, -0.2) is 9.97 Å². The Labute approximate surface area is 245 Å². The highest BCUT2D eigenvalue weighted by Crippen LogP contribution is 2.49. The number of nitrogens with two attached hydrogens (primary N) is 3. The first-order valence-corrected chi connectivity index (χ1v) is 14.2. The van der Waals surface area contributed by atoms with Crippen molar-refractivity contribution in [2.75, 3.05) is 5.73 Å². The molecule has 2 heterocycles. The Kier molecular flexibility index (Phi) is 6.97. The normalized spacial score (nSPS) is 23.0. The van der Waals surface area contributed by atoms with E-state index in [0.717, 1.165) is 12.8 Å². The molecule has 1 saturated carbocycles. The van der Waals surface area contributed by atoms with Crippen molar-refractivity contribution < 1.29 is 19.1 Å². The van der Waals surface area contributed by atoms with Crippen LogP contribution in [0.3, 0.4) is 0 Å². The molecule has 4 atom stereocenters. The average Bonchev–Trinajstić information content (AvgIpc) is 3.61. The third kappa shape index (κ3) is 4.49. The summed E-state index contributed by atoms with van der Waals surface area (Å²) >= 11 is 1.19. The number of hydrogen-bond acceptors (Lipinski definition) is 10. The SMILES string of the molecule is C=CC(=O)N[C@H]1CCC[C@H]1NC(=O)c1sc2c(N)ccc3c2c1C(N)C(=O)C3(N)c1ccc(Oc2cncnc2)cc1. The zero-order chi connectivity index (χ0) is 29.6. The third-order valence-electron chi connectivity index (χ3n) is 7.95. The van der Waals surface area contributed by atoms with Crippen LogP contribution < -0.4 is 32.6 Å². The largest absolute Gasteiger partial charge is 0.454 e. The summed E-state index contributed by atoms with van der Waals surface area (Å²) in [4.78, 5) is 47.8. The van der Waals surface area contributed by atoms with Crippen molar-refractivity contribution in [3.8, 4) is 11.5 Å². The smallest absolute Gasteiger partial charge is 0.262 e. The quantitative estimate of drug-likeness (QED) is 0.161. The standard InChI is InChI=1S/C30H29N7O4S/c1-2-22(38)36-20-4-3-5-21(20)37-29(40)27-24-23-18(10-11-19(31)26(23)42-27)30(33,28(39)25(24)32)15-6-8-16(9-7-15)41-17-12-34-14-35-13-17/h2,6-14,20-21,25H,1,3-5,31-33H2,(H,36,38)(H,37,40)/t20-,21+,25?,30?/m0/s1. The maximum atomic E-state index is 14.0. The Morgan fingerprint density at radius 1 is 1.05 bits per heavy atom. The Bertz CT molecular complexity index is 1720. The molecule has 2 aromatic carbocycles. The molecule has 12 heteroatoms. The monoisotopic (exact) mass is 583 g/mol. The molecule has 11 nitrogen and oxygen atoms in total. The van der Waals surface area contributed by atoms with Crippen LogP contribution in [0.1, 0.15) is 51.7 Å². The molecular formula is C30H29N7O4S. The highest BCUT2D eigenvalue weighted by atomic mass is 32.1. The molecule has 2 aromatic heterocycles. The van der Waals surface area contributed by atoms with Crippen LogP contribution in [0.5, 0.6) is 11.5 Å². The van der Waals surface area contributed by atoms with Gasteiger partial charge < -0.3 is 32.6 Å². The molecule has 2 amide bonds. The summed E-state index contributed by atoms with van der Waals surface area (Å²) in [7, 11) is 0. The molecule has 2 unspecified atom stereocenters. The maximum Gasteiger partial charge on any atom is 0.262 e. The van der Waals surface area contributed by atoms with Gasteiger partial charge in [0.05, 0.1) is 28.0 Å². The van der Waals surface area contributed by atoms with Crippen LogP contribution in [0.4, 0.5) is 5.69 Å². The number of nitrogens with one attached hydrogen (secondary N) is 2. The molecular weight excluding hydrogens is 554 g/mol. The Hall–Kier alpha value is -4.65. The van der Waals surface area contributed by atoms with E-state index in [9.17, 15) is 14.4 Å². The minimum absolute atomic E-state index is 0.223. The van der Waals surface area contributed by atoms with Crippen molar-refractivity contribution in [3.63, 3.8) is 0 Å². The number of thiophene rings is 1. The topological polar surface area (TPSA) is 188 Å². The summed E-state index contributed by atoms with van der Waals surface area (Å²) in [5, 5.41) is 6.55. The Morgan fingerprint density at radius 2 is 1.74 bits per heavy atom. The zero-order valence-corrected chi connectivity index (χ0v) is 23.3. The molecule has 8 N–H and O–H groups in total.